The lowest BCUT2D eigenvalue weighted by atomic mass is 9.93. The van der Waals surface area contributed by atoms with Crippen LogP contribution >= 0.6 is 11.6 Å². The van der Waals surface area contributed by atoms with Gasteiger partial charge in [0.25, 0.3) is 0 Å². The molecule has 0 saturated heterocycles. The van der Waals surface area contributed by atoms with Gasteiger partial charge in [-0.1, -0.05) is 24.4 Å². The number of pyridine rings is 1. The topological polar surface area (TPSA) is 60.2 Å². The molecule has 0 aromatic carbocycles. The van der Waals surface area contributed by atoms with Crippen LogP contribution < -0.4 is 4.90 Å². The summed E-state index contributed by atoms with van der Waals surface area (Å²) in [5.74, 6) is 0.671. The first kappa shape index (κ1) is 18.7. The summed E-state index contributed by atoms with van der Waals surface area (Å²) in [4.78, 5) is 23.7. The molecule has 6 nitrogen and oxygen atoms in total. The maximum atomic E-state index is 12.9. The molecule has 0 N–H and O–H groups in total. The van der Waals surface area contributed by atoms with E-state index >= 15 is 0 Å². The molecule has 7 heteroatoms. The molecule has 2 aromatic rings. The number of halogens is 1. The van der Waals surface area contributed by atoms with Gasteiger partial charge in [-0.2, -0.15) is 0 Å². The summed E-state index contributed by atoms with van der Waals surface area (Å²) in [5, 5.41) is 0.446. The van der Waals surface area contributed by atoms with Crippen LogP contribution in [0.5, 0.6) is 0 Å². The summed E-state index contributed by atoms with van der Waals surface area (Å²) < 4.78 is 8.14. The lowest BCUT2D eigenvalue weighted by molar-refractivity contribution is -0.122. The van der Waals surface area contributed by atoms with Gasteiger partial charge in [-0.15, -0.1) is 0 Å². The highest BCUT2D eigenvalue weighted by Crippen LogP contribution is 2.38. The van der Waals surface area contributed by atoms with Crippen LogP contribution in [-0.4, -0.2) is 39.7 Å². The van der Waals surface area contributed by atoms with Gasteiger partial charge in [-0.3, -0.25) is 14.3 Å². The molecule has 0 bridgehead atoms. The van der Waals surface area contributed by atoms with E-state index in [1.807, 2.05) is 13.0 Å². The van der Waals surface area contributed by atoms with E-state index in [2.05, 4.69) is 9.55 Å². The van der Waals surface area contributed by atoms with Crippen LogP contribution in [0.4, 0.5) is 5.95 Å². The molecule has 27 heavy (non-hydrogen) atoms. The molecule has 0 spiro atoms. The maximum Gasteiger partial charge on any atom is 0.231 e. The van der Waals surface area contributed by atoms with Gasteiger partial charge < -0.3 is 4.74 Å². The minimum absolute atomic E-state index is 0.0162. The number of aromatic nitrogens is 3. The van der Waals surface area contributed by atoms with E-state index in [0.717, 1.165) is 36.8 Å². The van der Waals surface area contributed by atoms with Gasteiger partial charge in [0, 0.05) is 13.1 Å². The molecule has 1 amide bonds. The summed E-state index contributed by atoms with van der Waals surface area (Å²) in [5.41, 5.74) is 1.54. The molecular weight excluding hydrogens is 364 g/mol. The van der Waals surface area contributed by atoms with Gasteiger partial charge >= 0.3 is 0 Å². The lowest BCUT2D eigenvalue weighted by Crippen LogP contribution is -2.34. The molecule has 2 heterocycles. The van der Waals surface area contributed by atoms with Gasteiger partial charge in [0.1, 0.15) is 10.7 Å². The summed E-state index contributed by atoms with van der Waals surface area (Å²) >= 11 is 6.11. The Kier molecular flexibility index (Phi) is 5.37. The number of hydrogen-bond acceptors (Lipinski definition) is 4. The first-order chi connectivity index (χ1) is 13.0. The largest absolute Gasteiger partial charge is 0.375 e. The van der Waals surface area contributed by atoms with Crippen LogP contribution in [0.25, 0.3) is 11.2 Å². The third-order valence-corrected chi connectivity index (χ3v) is 6.00. The van der Waals surface area contributed by atoms with E-state index in [1.165, 1.54) is 19.3 Å². The van der Waals surface area contributed by atoms with Crippen molar-refractivity contribution in [3.63, 3.8) is 0 Å². The molecule has 1 atom stereocenters. The third kappa shape index (κ3) is 3.83. The summed E-state index contributed by atoms with van der Waals surface area (Å²) in [6, 6.07) is 3.94. The Morgan fingerprint density at radius 3 is 2.67 bits per heavy atom. The average molecular weight is 391 g/mol. The summed E-state index contributed by atoms with van der Waals surface area (Å²) in [6.45, 7) is 1.99. The maximum absolute atomic E-state index is 12.9. The van der Waals surface area contributed by atoms with Crippen LogP contribution in [0.2, 0.25) is 5.15 Å². The fraction of sp³-hybridized carbons (Fsp3) is 0.650. The first-order valence-electron chi connectivity index (χ1n) is 9.99. The van der Waals surface area contributed by atoms with Crippen molar-refractivity contribution in [1.29, 1.82) is 0 Å². The zero-order valence-corrected chi connectivity index (χ0v) is 16.8. The predicted octanol–water partition coefficient (Wildman–Crippen LogP) is 4.51. The van der Waals surface area contributed by atoms with Gasteiger partial charge in [0.15, 0.2) is 5.65 Å². The molecular formula is C20H27ClN4O2. The van der Waals surface area contributed by atoms with Crippen molar-refractivity contribution in [2.45, 2.75) is 76.5 Å². The number of imidazole rings is 1. The molecule has 146 valence electrons. The fourth-order valence-corrected chi connectivity index (χ4v) is 4.20. The van der Waals surface area contributed by atoms with E-state index in [4.69, 9.17) is 21.3 Å². The molecule has 0 radical (unpaired) electrons. The zero-order valence-electron chi connectivity index (χ0n) is 16.0. The number of hydrogen-bond donors (Lipinski definition) is 0. The second-order valence-corrected chi connectivity index (χ2v) is 8.24. The number of anilines is 1. The van der Waals surface area contributed by atoms with Crippen LogP contribution in [0.1, 0.15) is 64.3 Å². The molecule has 0 aliphatic heterocycles. The smallest absolute Gasteiger partial charge is 0.231 e. The number of amides is 1. The van der Waals surface area contributed by atoms with Gasteiger partial charge in [0.2, 0.25) is 11.9 Å². The Morgan fingerprint density at radius 2 is 2.00 bits per heavy atom. The van der Waals surface area contributed by atoms with Crippen molar-refractivity contribution in [1.82, 2.24) is 14.5 Å². The highest BCUT2D eigenvalue weighted by atomic mass is 35.5. The third-order valence-electron chi connectivity index (χ3n) is 5.79. The van der Waals surface area contributed by atoms with E-state index in [0.29, 0.717) is 29.7 Å². The number of carbonyl (C=O) groups is 1. The number of carbonyl (C=O) groups excluding carboxylic acids is 1. The van der Waals surface area contributed by atoms with Crippen LogP contribution in [0.15, 0.2) is 12.1 Å². The Morgan fingerprint density at radius 1 is 1.26 bits per heavy atom. The quantitative estimate of drug-likeness (QED) is 0.681. The second kappa shape index (κ2) is 7.76. The molecule has 2 aliphatic rings. The van der Waals surface area contributed by atoms with Crippen molar-refractivity contribution >= 4 is 34.6 Å². The second-order valence-electron chi connectivity index (χ2n) is 7.85. The van der Waals surface area contributed by atoms with Crippen LogP contribution in [0.3, 0.4) is 0 Å². The SMILES string of the molecule is CC(CC(=O)N(C)c1nc2ccc(Cl)nc2n1C1CCC1)OC1CCCC1. The Bertz CT molecular complexity index is 827. The zero-order chi connectivity index (χ0) is 19.0. The molecule has 1 unspecified atom stereocenters. The van der Waals surface area contributed by atoms with E-state index in [1.54, 1.807) is 18.0 Å². The van der Waals surface area contributed by atoms with Crippen molar-refractivity contribution in [3.8, 4) is 0 Å². The highest BCUT2D eigenvalue weighted by molar-refractivity contribution is 6.29. The van der Waals surface area contributed by atoms with Crippen molar-refractivity contribution in [2.24, 2.45) is 0 Å². The molecule has 2 saturated carbocycles. The average Bonchev–Trinajstić information content (AvgIpc) is 3.21. The summed E-state index contributed by atoms with van der Waals surface area (Å²) in [6.07, 6.45) is 8.60. The number of ether oxygens (including phenoxy) is 1. The summed E-state index contributed by atoms with van der Waals surface area (Å²) in [7, 11) is 1.79. The standard InChI is InChI=1S/C20H27ClN4O2/c1-13(27-15-8-3-4-9-15)12-18(26)24(2)20-22-16-10-11-17(21)23-19(16)25(20)14-6-5-7-14/h10-11,13-15H,3-9,12H2,1-2H3. The minimum Gasteiger partial charge on any atom is -0.375 e. The van der Waals surface area contributed by atoms with Gasteiger partial charge in [-0.05, 0) is 51.2 Å². The Hall–Kier alpha value is -1.66. The molecule has 4 rings (SSSR count). The minimum atomic E-state index is -0.0860. The fourth-order valence-electron chi connectivity index (χ4n) is 4.05. The molecule has 2 aromatic heterocycles. The van der Waals surface area contributed by atoms with Crippen molar-refractivity contribution in [2.75, 3.05) is 11.9 Å². The Balaban J connectivity index is 1.54. The van der Waals surface area contributed by atoms with Crippen LogP contribution in [-0.2, 0) is 9.53 Å². The van der Waals surface area contributed by atoms with Crippen LogP contribution in [0, 0.1) is 0 Å². The van der Waals surface area contributed by atoms with E-state index in [-0.39, 0.29) is 12.0 Å². The van der Waals surface area contributed by atoms with Gasteiger partial charge in [0.05, 0.1) is 18.6 Å². The van der Waals surface area contributed by atoms with Crippen molar-refractivity contribution < 1.29 is 9.53 Å². The predicted molar refractivity (Wildman–Crippen MR) is 106 cm³/mol. The van der Waals surface area contributed by atoms with Gasteiger partial charge in [-0.25, -0.2) is 9.97 Å². The number of rotatable bonds is 6. The van der Waals surface area contributed by atoms with Crippen molar-refractivity contribution in [3.05, 3.63) is 17.3 Å². The molecule has 2 fully saturated rings. The monoisotopic (exact) mass is 390 g/mol. The first-order valence-corrected chi connectivity index (χ1v) is 10.4. The number of nitrogens with zero attached hydrogens (tertiary/aromatic N) is 4. The normalized spacial score (nSPS) is 19.4. The van der Waals surface area contributed by atoms with E-state index < -0.39 is 0 Å². The molecule has 2 aliphatic carbocycles. The lowest BCUT2D eigenvalue weighted by Gasteiger charge is -2.30. The number of fused-ring (bicyclic) bond motifs is 1. The Labute approximate surface area is 164 Å². The van der Waals surface area contributed by atoms with E-state index in [9.17, 15) is 4.79 Å². The highest BCUT2D eigenvalue weighted by Gasteiger charge is 2.29.